The molecule has 1 aliphatic heterocycles. The summed E-state index contributed by atoms with van der Waals surface area (Å²) in [6, 6.07) is 3.43. The van der Waals surface area contributed by atoms with Crippen molar-refractivity contribution in [2.45, 2.75) is 26.7 Å². The van der Waals surface area contributed by atoms with Gasteiger partial charge in [-0.2, -0.15) is 0 Å². The molecule has 98 valence electrons. The molecular weight excluding hydrogens is 228 g/mol. The molecule has 0 aromatic carbocycles. The number of pyridine rings is 1. The second-order valence-electron chi connectivity index (χ2n) is 5.28. The number of piperidine rings is 1. The van der Waals surface area contributed by atoms with Crippen molar-refractivity contribution in [1.82, 2.24) is 4.98 Å². The van der Waals surface area contributed by atoms with Gasteiger partial charge in [0.2, 0.25) is 0 Å². The number of hydrogen-bond donors (Lipinski definition) is 1. The molecule has 1 N–H and O–H groups in total. The predicted molar refractivity (Wildman–Crippen MR) is 71.0 cm³/mol. The molecule has 1 aliphatic rings. The minimum atomic E-state index is -0.972. The molecule has 4 heteroatoms. The molecule has 18 heavy (non-hydrogen) atoms. The summed E-state index contributed by atoms with van der Waals surface area (Å²) in [6.45, 7) is 6.64. The summed E-state index contributed by atoms with van der Waals surface area (Å²) >= 11 is 0. The first-order valence-electron chi connectivity index (χ1n) is 6.52. The van der Waals surface area contributed by atoms with Gasteiger partial charge in [-0.15, -0.1) is 0 Å². The molecule has 2 rings (SSSR count). The van der Waals surface area contributed by atoms with E-state index < -0.39 is 5.97 Å². The maximum Gasteiger partial charge on any atom is 0.354 e. The van der Waals surface area contributed by atoms with Crippen LogP contribution in [0.2, 0.25) is 0 Å². The Labute approximate surface area is 108 Å². The number of aromatic carboxylic acids is 1. The summed E-state index contributed by atoms with van der Waals surface area (Å²) in [4.78, 5) is 17.0. The molecule has 0 atom stereocenters. The molecule has 1 fully saturated rings. The number of carbonyl (C=O) groups is 1. The van der Waals surface area contributed by atoms with Gasteiger partial charge in [0.1, 0.15) is 5.69 Å². The molecular formula is C14H20N2O2. The van der Waals surface area contributed by atoms with E-state index >= 15 is 0 Å². The Morgan fingerprint density at radius 1 is 1.39 bits per heavy atom. The summed E-state index contributed by atoms with van der Waals surface area (Å²) in [7, 11) is 0. The molecule has 0 bridgehead atoms. The molecule has 0 spiro atoms. The lowest BCUT2D eigenvalue weighted by Crippen LogP contribution is -2.35. The summed E-state index contributed by atoms with van der Waals surface area (Å²) < 4.78 is 0. The topological polar surface area (TPSA) is 53.4 Å². The highest BCUT2D eigenvalue weighted by molar-refractivity contribution is 5.85. The van der Waals surface area contributed by atoms with Crippen molar-refractivity contribution < 1.29 is 9.90 Å². The summed E-state index contributed by atoms with van der Waals surface area (Å²) in [5, 5.41) is 8.81. The molecule has 2 heterocycles. The second-order valence-corrected chi connectivity index (χ2v) is 5.28. The highest BCUT2D eigenvalue weighted by Crippen LogP contribution is 2.27. The number of rotatable bonds is 3. The van der Waals surface area contributed by atoms with Crippen LogP contribution in [0.5, 0.6) is 0 Å². The highest BCUT2D eigenvalue weighted by atomic mass is 16.4. The van der Waals surface area contributed by atoms with Crippen LogP contribution in [-0.4, -0.2) is 29.1 Å². The molecule has 0 radical (unpaired) electrons. The summed E-state index contributed by atoms with van der Waals surface area (Å²) in [5.74, 6) is 0.590. The van der Waals surface area contributed by atoms with E-state index in [2.05, 4.69) is 23.7 Å². The SMILES string of the molecule is CC(C)C1CCN(c2ccc(C(=O)O)nc2)CC1. The van der Waals surface area contributed by atoms with Gasteiger partial charge in [-0.25, -0.2) is 9.78 Å². The van der Waals surface area contributed by atoms with Crippen molar-refractivity contribution in [1.29, 1.82) is 0 Å². The Morgan fingerprint density at radius 3 is 2.50 bits per heavy atom. The third-order valence-corrected chi connectivity index (χ3v) is 3.81. The number of aromatic nitrogens is 1. The summed E-state index contributed by atoms with van der Waals surface area (Å²) in [6.07, 6.45) is 4.08. The van der Waals surface area contributed by atoms with Gasteiger partial charge in [0.15, 0.2) is 0 Å². The Morgan fingerprint density at radius 2 is 2.06 bits per heavy atom. The van der Waals surface area contributed by atoms with E-state index in [-0.39, 0.29) is 5.69 Å². The first-order valence-corrected chi connectivity index (χ1v) is 6.52. The van der Waals surface area contributed by atoms with Gasteiger partial charge in [0.25, 0.3) is 0 Å². The fraction of sp³-hybridized carbons (Fsp3) is 0.571. The van der Waals surface area contributed by atoms with E-state index in [1.54, 1.807) is 12.3 Å². The fourth-order valence-electron chi connectivity index (χ4n) is 2.52. The van der Waals surface area contributed by atoms with E-state index in [0.717, 1.165) is 30.6 Å². The number of nitrogens with zero attached hydrogens (tertiary/aromatic N) is 2. The normalized spacial score (nSPS) is 17.2. The van der Waals surface area contributed by atoms with Crippen LogP contribution in [0, 0.1) is 11.8 Å². The Balaban J connectivity index is 1.99. The standard InChI is InChI=1S/C14H20N2O2/c1-10(2)11-5-7-16(8-6-11)12-3-4-13(14(17)18)15-9-12/h3-4,9-11H,5-8H2,1-2H3,(H,17,18). The van der Waals surface area contributed by atoms with Crippen LogP contribution in [-0.2, 0) is 0 Å². The quantitative estimate of drug-likeness (QED) is 0.893. The molecule has 1 aromatic heterocycles. The Hall–Kier alpha value is -1.58. The largest absolute Gasteiger partial charge is 0.477 e. The maximum atomic E-state index is 10.7. The van der Waals surface area contributed by atoms with E-state index in [9.17, 15) is 4.79 Å². The monoisotopic (exact) mass is 248 g/mol. The van der Waals surface area contributed by atoms with Crippen molar-refractivity contribution in [3.05, 3.63) is 24.0 Å². The van der Waals surface area contributed by atoms with Crippen molar-refractivity contribution in [2.75, 3.05) is 18.0 Å². The van der Waals surface area contributed by atoms with Crippen molar-refractivity contribution in [3.8, 4) is 0 Å². The lowest BCUT2D eigenvalue weighted by molar-refractivity contribution is 0.0690. The van der Waals surface area contributed by atoms with Gasteiger partial charge < -0.3 is 10.0 Å². The van der Waals surface area contributed by atoms with Crippen LogP contribution in [0.15, 0.2) is 18.3 Å². The Kier molecular flexibility index (Phi) is 3.84. The van der Waals surface area contributed by atoms with Crippen LogP contribution in [0.4, 0.5) is 5.69 Å². The third kappa shape index (κ3) is 2.81. The first kappa shape index (κ1) is 12.9. The van der Waals surface area contributed by atoms with Crippen LogP contribution in [0.3, 0.4) is 0 Å². The molecule has 1 aromatic rings. The predicted octanol–water partition coefficient (Wildman–Crippen LogP) is 2.65. The average molecular weight is 248 g/mol. The van der Waals surface area contributed by atoms with Crippen molar-refractivity contribution in [3.63, 3.8) is 0 Å². The zero-order valence-corrected chi connectivity index (χ0v) is 11.0. The number of hydrogen-bond acceptors (Lipinski definition) is 3. The zero-order chi connectivity index (χ0) is 13.1. The molecule has 0 unspecified atom stereocenters. The zero-order valence-electron chi connectivity index (χ0n) is 11.0. The lowest BCUT2D eigenvalue weighted by atomic mass is 9.86. The number of carboxylic acids is 1. The average Bonchev–Trinajstić information content (AvgIpc) is 2.39. The number of anilines is 1. The Bertz CT molecular complexity index is 406. The fourth-order valence-corrected chi connectivity index (χ4v) is 2.52. The van der Waals surface area contributed by atoms with Gasteiger partial charge in [0.05, 0.1) is 11.9 Å². The van der Waals surface area contributed by atoms with E-state index in [1.165, 1.54) is 12.8 Å². The van der Waals surface area contributed by atoms with Crippen molar-refractivity contribution in [2.24, 2.45) is 11.8 Å². The molecule has 0 saturated carbocycles. The lowest BCUT2D eigenvalue weighted by Gasteiger charge is -2.35. The summed E-state index contributed by atoms with van der Waals surface area (Å²) in [5.41, 5.74) is 1.14. The second kappa shape index (κ2) is 5.38. The van der Waals surface area contributed by atoms with Gasteiger partial charge in [-0.1, -0.05) is 13.8 Å². The van der Waals surface area contributed by atoms with E-state index in [4.69, 9.17) is 5.11 Å². The highest BCUT2D eigenvalue weighted by Gasteiger charge is 2.21. The minimum absolute atomic E-state index is 0.107. The molecule has 0 aliphatic carbocycles. The van der Waals surface area contributed by atoms with Crippen molar-refractivity contribution >= 4 is 11.7 Å². The van der Waals surface area contributed by atoms with Crippen LogP contribution < -0.4 is 4.90 Å². The van der Waals surface area contributed by atoms with Crippen LogP contribution in [0.25, 0.3) is 0 Å². The minimum Gasteiger partial charge on any atom is -0.477 e. The van der Waals surface area contributed by atoms with Crippen LogP contribution >= 0.6 is 0 Å². The molecule has 1 saturated heterocycles. The van der Waals surface area contributed by atoms with Gasteiger partial charge in [-0.3, -0.25) is 0 Å². The first-order chi connectivity index (χ1) is 8.58. The van der Waals surface area contributed by atoms with E-state index in [1.807, 2.05) is 6.07 Å². The van der Waals surface area contributed by atoms with Crippen LogP contribution in [0.1, 0.15) is 37.2 Å². The molecule has 4 nitrogen and oxygen atoms in total. The maximum absolute atomic E-state index is 10.7. The van der Waals surface area contributed by atoms with Gasteiger partial charge in [0, 0.05) is 13.1 Å². The smallest absolute Gasteiger partial charge is 0.354 e. The van der Waals surface area contributed by atoms with Gasteiger partial charge >= 0.3 is 5.97 Å². The van der Waals surface area contributed by atoms with E-state index in [0.29, 0.717) is 0 Å². The molecule has 0 amide bonds. The van der Waals surface area contributed by atoms with Gasteiger partial charge in [-0.05, 0) is 36.8 Å². The number of carboxylic acid groups (broad SMARTS) is 1. The third-order valence-electron chi connectivity index (χ3n) is 3.81.